The van der Waals surface area contributed by atoms with Crippen LogP contribution in [0, 0.1) is 11.3 Å². The van der Waals surface area contributed by atoms with E-state index in [1.165, 1.54) is 0 Å². The van der Waals surface area contributed by atoms with Crippen LogP contribution in [0.25, 0.3) is 0 Å². The van der Waals surface area contributed by atoms with E-state index in [4.69, 9.17) is 16.7 Å². The Morgan fingerprint density at radius 2 is 2.05 bits per heavy atom. The summed E-state index contributed by atoms with van der Waals surface area (Å²) >= 11 is 0. The highest BCUT2D eigenvalue weighted by Gasteiger charge is 2.09. The molecule has 0 heterocycles. The third kappa shape index (κ3) is 3.31. The molecule has 0 atom stereocenters. The summed E-state index contributed by atoms with van der Waals surface area (Å²) in [6.07, 6.45) is 0. The molecule has 0 radical (unpaired) electrons. The summed E-state index contributed by atoms with van der Waals surface area (Å²) in [5.74, 6) is -0.547. The number of benzene rings is 2. The van der Waals surface area contributed by atoms with Gasteiger partial charge in [0.15, 0.2) is 0 Å². The number of carbonyl (C=O) groups excluding carboxylic acids is 1. The van der Waals surface area contributed by atoms with Gasteiger partial charge in [-0.25, -0.2) is 0 Å². The molecule has 1 amide bonds. The molecule has 0 saturated carbocycles. The van der Waals surface area contributed by atoms with Crippen molar-refractivity contribution in [3.05, 3.63) is 59.2 Å². The van der Waals surface area contributed by atoms with Crippen molar-refractivity contribution in [1.82, 2.24) is 0 Å². The first-order chi connectivity index (χ1) is 10.0. The lowest BCUT2D eigenvalue weighted by Crippen LogP contribution is -2.19. The summed E-state index contributed by atoms with van der Waals surface area (Å²) in [7, 11) is 1.90. The SMILES string of the molecule is CN(Cc1cccc(C#N)c1)c1ccc(N)c(C(N)=O)c1. The van der Waals surface area contributed by atoms with Gasteiger partial charge in [-0.1, -0.05) is 12.1 Å². The molecule has 0 aliphatic heterocycles. The molecule has 0 fully saturated rings. The maximum Gasteiger partial charge on any atom is 0.250 e. The van der Waals surface area contributed by atoms with Crippen molar-refractivity contribution in [3.8, 4) is 6.07 Å². The predicted molar refractivity (Wildman–Crippen MR) is 82.6 cm³/mol. The molecule has 0 aliphatic carbocycles. The van der Waals surface area contributed by atoms with Gasteiger partial charge in [0.25, 0.3) is 5.91 Å². The van der Waals surface area contributed by atoms with Crippen LogP contribution in [0.15, 0.2) is 42.5 Å². The zero-order valence-corrected chi connectivity index (χ0v) is 11.7. The third-order valence-corrected chi connectivity index (χ3v) is 3.22. The van der Waals surface area contributed by atoms with Crippen molar-refractivity contribution in [3.63, 3.8) is 0 Å². The fraction of sp³-hybridized carbons (Fsp3) is 0.125. The fourth-order valence-electron chi connectivity index (χ4n) is 2.10. The maximum absolute atomic E-state index is 11.3. The Morgan fingerprint density at radius 1 is 1.29 bits per heavy atom. The average molecular weight is 280 g/mol. The van der Waals surface area contributed by atoms with Gasteiger partial charge in [0.1, 0.15) is 0 Å². The first-order valence-corrected chi connectivity index (χ1v) is 6.41. The van der Waals surface area contributed by atoms with Gasteiger partial charge in [-0.3, -0.25) is 4.79 Å². The molecule has 21 heavy (non-hydrogen) atoms. The van der Waals surface area contributed by atoms with Crippen LogP contribution >= 0.6 is 0 Å². The lowest BCUT2D eigenvalue weighted by Gasteiger charge is -2.20. The van der Waals surface area contributed by atoms with E-state index in [1.54, 1.807) is 18.2 Å². The topological polar surface area (TPSA) is 96.1 Å². The van der Waals surface area contributed by atoms with Crippen molar-refractivity contribution in [1.29, 1.82) is 5.26 Å². The monoisotopic (exact) mass is 280 g/mol. The number of hydrogen-bond donors (Lipinski definition) is 2. The number of nitrogens with zero attached hydrogens (tertiary/aromatic N) is 2. The molecule has 2 rings (SSSR count). The number of anilines is 2. The summed E-state index contributed by atoms with van der Waals surface area (Å²) in [6.45, 7) is 0.609. The lowest BCUT2D eigenvalue weighted by molar-refractivity contribution is 0.100. The molecule has 4 N–H and O–H groups in total. The first-order valence-electron chi connectivity index (χ1n) is 6.41. The van der Waals surface area contributed by atoms with E-state index in [1.807, 2.05) is 36.2 Å². The number of nitriles is 1. The number of hydrogen-bond acceptors (Lipinski definition) is 4. The number of rotatable bonds is 4. The average Bonchev–Trinajstić information content (AvgIpc) is 2.47. The highest BCUT2D eigenvalue weighted by molar-refractivity contribution is 5.99. The molecule has 0 aliphatic rings. The zero-order chi connectivity index (χ0) is 15.4. The van der Waals surface area contributed by atoms with Crippen LogP contribution in [0.2, 0.25) is 0 Å². The Hall–Kier alpha value is -3.00. The molecule has 0 unspecified atom stereocenters. The number of primary amides is 1. The Balaban J connectivity index is 2.24. The fourth-order valence-corrected chi connectivity index (χ4v) is 2.10. The summed E-state index contributed by atoms with van der Waals surface area (Å²) < 4.78 is 0. The standard InChI is InChI=1S/C16H16N4O/c1-20(10-12-4-2-3-11(7-12)9-17)13-5-6-15(18)14(8-13)16(19)21/h2-8H,10,18H2,1H3,(H2,19,21). The predicted octanol–water partition coefficient (Wildman–Crippen LogP) is 1.88. The molecule has 5 nitrogen and oxygen atoms in total. The number of carbonyl (C=O) groups is 1. The van der Waals surface area contributed by atoms with Crippen LogP contribution in [0.1, 0.15) is 21.5 Å². The van der Waals surface area contributed by atoms with E-state index in [2.05, 4.69) is 6.07 Å². The Kier molecular flexibility index (Phi) is 4.10. The van der Waals surface area contributed by atoms with E-state index in [-0.39, 0.29) is 0 Å². The minimum Gasteiger partial charge on any atom is -0.398 e. The van der Waals surface area contributed by atoms with Gasteiger partial charge in [0.05, 0.1) is 17.2 Å². The van der Waals surface area contributed by atoms with Crippen LogP contribution in [-0.4, -0.2) is 13.0 Å². The van der Waals surface area contributed by atoms with Crippen molar-refractivity contribution in [2.75, 3.05) is 17.7 Å². The molecule has 0 aromatic heterocycles. The van der Waals surface area contributed by atoms with Gasteiger partial charge in [0.2, 0.25) is 0 Å². The van der Waals surface area contributed by atoms with Crippen LogP contribution < -0.4 is 16.4 Å². The van der Waals surface area contributed by atoms with Gasteiger partial charge in [0, 0.05) is 25.0 Å². The largest absolute Gasteiger partial charge is 0.398 e. The summed E-state index contributed by atoms with van der Waals surface area (Å²) in [4.78, 5) is 13.3. The van der Waals surface area contributed by atoms with Crippen LogP contribution in [0.5, 0.6) is 0 Å². The first kappa shape index (κ1) is 14.4. The smallest absolute Gasteiger partial charge is 0.250 e. The van der Waals surface area contributed by atoms with Crippen molar-refractivity contribution in [2.24, 2.45) is 5.73 Å². The molecule has 0 saturated heterocycles. The Morgan fingerprint density at radius 3 is 2.71 bits per heavy atom. The van der Waals surface area contributed by atoms with Crippen LogP contribution in [0.4, 0.5) is 11.4 Å². The summed E-state index contributed by atoms with van der Waals surface area (Å²) in [5.41, 5.74) is 14.2. The molecule has 2 aromatic rings. The van der Waals surface area contributed by atoms with Crippen molar-refractivity contribution >= 4 is 17.3 Å². The second kappa shape index (κ2) is 5.97. The van der Waals surface area contributed by atoms with E-state index in [0.717, 1.165) is 11.3 Å². The molecule has 0 spiro atoms. The molecular formula is C16H16N4O. The number of amides is 1. The van der Waals surface area contributed by atoms with Crippen molar-refractivity contribution < 1.29 is 4.79 Å². The summed E-state index contributed by atoms with van der Waals surface area (Å²) in [6, 6.07) is 14.7. The third-order valence-electron chi connectivity index (χ3n) is 3.22. The van der Waals surface area contributed by atoms with Gasteiger partial charge in [-0.05, 0) is 35.9 Å². The Bertz CT molecular complexity index is 718. The Labute approximate surface area is 123 Å². The molecule has 5 heteroatoms. The van der Waals surface area contributed by atoms with E-state index >= 15 is 0 Å². The van der Waals surface area contributed by atoms with Gasteiger partial charge in [-0.2, -0.15) is 5.26 Å². The molecular weight excluding hydrogens is 264 g/mol. The number of nitrogen functional groups attached to an aromatic ring is 1. The van der Waals surface area contributed by atoms with E-state index in [9.17, 15) is 4.79 Å². The molecule has 106 valence electrons. The normalized spacial score (nSPS) is 9.90. The second-order valence-electron chi connectivity index (χ2n) is 4.80. The maximum atomic E-state index is 11.3. The van der Waals surface area contributed by atoms with Gasteiger partial charge < -0.3 is 16.4 Å². The highest BCUT2D eigenvalue weighted by atomic mass is 16.1. The molecule has 2 aromatic carbocycles. The van der Waals surface area contributed by atoms with Crippen LogP contribution in [0.3, 0.4) is 0 Å². The number of nitrogens with two attached hydrogens (primary N) is 2. The van der Waals surface area contributed by atoms with Crippen LogP contribution in [-0.2, 0) is 6.54 Å². The quantitative estimate of drug-likeness (QED) is 0.836. The summed E-state index contributed by atoms with van der Waals surface area (Å²) in [5, 5.41) is 8.91. The minimum atomic E-state index is -0.547. The lowest BCUT2D eigenvalue weighted by atomic mass is 10.1. The zero-order valence-electron chi connectivity index (χ0n) is 11.7. The minimum absolute atomic E-state index is 0.310. The van der Waals surface area contributed by atoms with E-state index < -0.39 is 5.91 Å². The molecule has 0 bridgehead atoms. The van der Waals surface area contributed by atoms with Gasteiger partial charge in [-0.15, -0.1) is 0 Å². The highest BCUT2D eigenvalue weighted by Crippen LogP contribution is 2.21. The van der Waals surface area contributed by atoms with Crippen molar-refractivity contribution in [2.45, 2.75) is 6.54 Å². The second-order valence-corrected chi connectivity index (χ2v) is 4.80. The van der Waals surface area contributed by atoms with Gasteiger partial charge >= 0.3 is 0 Å². The van der Waals surface area contributed by atoms with E-state index in [0.29, 0.717) is 23.4 Å².